The van der Waals surface area contributed by atoms with Crippen molar-refractivity contribution >= 4 is 31.8 Å². The molecule has 1 N–H and O–H groups in total. The second kappa shape index (κ2) is 7.46. The molecule has 0 fully saturated rings. The van der Waals surface area contributed by atoms with Crippen LogP contribution in [-0.2, 0) is 9.53 Å². The maximum atomic E-state index is 11.7. The zero-order chi connectivity index (χ0) is 15.2. The molecule has 0 unspecified atom stereocenters. The Bertz CT molecular complexity index is 442. The van der Waals surface area contributed by atoms with Gasteiger partial charge in [-0.25, -0.2) is 0 Å². The molecule has 0 aromatic heterocycles. The molecule has 1 aromatic rings. The Morgan fingerprint density at radius 1 is 1.30 bits per heavy atom. The molecule has 0 saturated carbocycles. The molecule has 0 spiro atoms. The molecular weight excluding hydrogens is 321 g/mol. The zero-order valence-electron chi connectivity index (χ0n) is 12.3. The molecule has 2 atom stereocenters. The molecule has 20 heavy (non-hydrogen) atoms. The number of rotatable bonds is 5. The second-order valence-corrected chi connectivity index (χ2v) is 8.09. The summed E-state index contributed by atoms with van der Waals surface area (Å²) in [6, 6.07) is 9.59. The normalized spacial score (nSPS) is 14.2. The van der Waals surface area contributed by atoms with Gasteiger partial charge in [0.15, 0.2) is 0 Å². The fraction of sp³-hybridized carbons (Fsp3) is 0.467. The number of amides is 1. The predicted molar refractivity (Wildman–Crippen MR) is 80.5 cm³/mol. The van der Waals surface area contributed by atoms with Crippen molar-refractivity contribution in [3.8, 4) is 0 Å². The molecule has 5 heteroatoms. The zero-order valence-corrected chi connectivity index (χ0v) is 14.0. The summed E-state index contributed by atoms with van der Waals surface area (Å²) in [4.78, 5) is 22.7. The van der Waals surface area contributed by atoms with Crippen LogP contribution in [0.2, 0.25) is 4.82 Å². The minimum absolute atomic E-state index is 0.0164. The van der Waals surface area contributed by atoms with Crippen LogP contribution in [0.4, 0.5) is 4.79 Å². The van der Waals surface area contributed by atoms with E-state index >= 15 is 0 Å². The van der Waals surface area contributed by atoms with Crippen LogP contribution in [0.1, 0.15) is 27.7 Å². The van der Waals surface area contributed by atoms with Gasteiger partial charge in [-0.3, -0.25) is 0 Å². The monoisotopic (exact) mass is 343 g/mol. The molecule has 0 radical (unpaired) electrons. The number of aldehydes is 1. The first-order valence-corrected chi connectivity index (χ1v) is 8.33. The van der Waals surface area contributed by atoms with E-state index in [2.05, 4.69) is 5.32 Å². The standard InChI is InChI=1S/C15H21NO3Se/c1-11(16-14(18)19-15(2,3)4)13(10-17)20-12-8-6-5-7-9-12/h5-11,13H,1-4H3,(H,16,18)/t11-,13-/m0/s1. The van der Waals surface area contributed by atoms with Crippen LogP contribution < -0.4 is 9.78 Å². The van der Waals surface area contributed by atoms with Crippen LogP contribution in [0.3, 0.4) is 0 Å². The van der Waals surface area contributed by atoms with Gasteiger partial charge >= 0.3 is 126 Å². The molecule has 0 aliphatic heterocycles. The molecule has 0 aliphatic rings. The van der Waals surface area contributed by atoms with Crippen molar-refractivity contribution in [1.82, 2.24) is 5.32 Å². The van der Waals surface area contributed by atoms with Gasteiger partial charge in [0.2, 0.25) is 0 Å². The summed E-state index contributed by atoms with van der Waals surface area (Å²) in [6.45, 7) is 7.25. The van der Waals surface area contributed by atoms with Gasteiger partial charge in [-0.1, -0.05) is 0 Å². The molecule has 1 aromatic carbocycles. The van der Waals surface area contributed by atoms with Crippen molar-refractivity contribution < 1.29 is 14.3 Å². The Labute approximate surface area is 126 Å². The summed E-state index contributed by atoms with van der Waals surface area (Å²) in [7, 11) is 0. The van der Waals surface area contributed by atoms with Crippen LogP contribution in [0, 0.1) is 0 Å². The van der Waals surface area contributed by atoms with Crippen molar-refractivity contribution in [2.24, 2.45) is 0 Å². The number of alkyl carbamates (subject to hydrolysis) is 1. The first kappa shape index (κ1) is 16.7. The number of hydrogen-bond acceptors (Lipinski definition) is 3. The predicted octanol–water partition coefficient (Wildman–Crippen LogP) is 1.92. The Morgan fingerprint density at radius 2 is 1.90 bits per heavy atom. The van der Waals surface area contributed by atoms with Gasteiger partial charge < -0.3 is 0 Å². The van der Waals surface area contributed by atoms with Crippen molar-refractivity contribution in [2.45, 2.75) is 44.2 Å². The van der Waals surface area contributed by atoms with Gasteiger partial charge in [-0.05, 0) is 0 Å². The summed E-state index contributed by atoms with van der Waals surface area (Å²) >= 11 is -0.0164. The van der Waals surface area contributed by atoms with E-state index in [9.17, 15) is 9.59 Å². The van der Waals surface area contributed by atoms with Crippen molar-refractivity contribution in [3.05, 3.63) is 30.3 Å². The van der Waals surface area contributed by atoms with Crippen molar-refractivity contribution in [3.63, 3.8) is 0 Å². The molecule has 0 heterocycles. The quantitative estimate of drug-likeness (QED) is 0.657. The van der Waals surface area contributed by atoms with E-state index in [1.54, 1.807) is 0 Å². The van der Waals surface area contributed by atoms with Gasteiger partial charge in [0, 0.05) is 0 Å². The van der Waals surface area contributed by atoms with Gasteiger partial charge in [0.25, 0.3) is 0 Å². The van der Waals surface area contributed by atoms with Crippen LogP contribution in [-0.4, -0.2) is 39.0 Å². The summed E-state index contributed by atoms with van der Waals surface area (Å²) in [5, 5.41) is 2.73. The second-order valence-electron chi connectivity index (χ2n) is 5.47. The van der Waals surface area contributed by atoms with E-state index in [-0.39, 0.29) is 25.8 Å². The number of carbonyl (C=O) groups excluding carboxylic acids is 2. The average molecular weight is 342 g/mol. The van der Waals surface area contributed by atoms with E-state index in [0.29, 0.717) is 0 Å². The Balaban J connectivity index is 2.57. The molecule has 110 valence electrons. The van der Waals surface area contributed by atoms with E-state index in [0.717, 1.165) is 10.7 Å². The summed E-state index contributed by atoms with van der Waals surface area (Å²) in [5.41, 5.74) is -0.537. The van der Waals surface area contributed by atoms with Crippen molar-refractivity contribution in [1.29, 1.82) is 0 Å². The molecule has 0 aliphatic carbocycles. The van der Waals surface area contributed by atoms with E-state index < -0.39 is 11.7 Å². The number of ether oxygens (including phenoxy) is 1. The third-order valence-corrected chi connectivity index (χ3v) is 5.19. The number of hydrogen-bond donors (Lipinski definition) is 1. The third-order valence-electron chi connectivity index (χ3n) is 2.39. The maximum absolute atomic E-state index is 11.7. The molecule has 0 saturated heterocycles. The van der Waals surface area contributed by atoms with Crippen molar-refractivity contribution in [2.75, 3.05) is 0 Å². The summed E-state index contributed by atoms with van der Waals surface area (Å²) in [6.07, 6.45) is 0.426. The summed E-state index contributed by atoms with van der Waals surface area (Å²) < 4.78 is 6.33. The molecule has 1 amide bonds. The SMILES string of the molecule is C[C@H](NC(=O)OC(C)(C)C)[C@H](C=O)[Se]c1ccccc1. The fourth-order valence-electron chi connectivity index (χ4n) is 1.48. The Kier molecular flexibility index (Phi) is 6.24. The fourth-order valence-corrected chi connectivity index (χ4v) is 3.49. The number of carbonyl (C=O) groups is 2. The van der Waals surface area contributed by atoms with Crippen LogP contribution in [0.25, 0.3) is 0 Å². The first-order chi connectivity index (χ1) is 9.31. The van der Waals surface area contributed by atoms with Gasteiger partial charge in [0.05, 0.1) is 0 Å². The molecule has 0 bridgehead atoms. The number of nitrogens with one attached hydrogen (secondary N) is 1. The van der Waals surface area contributed by atoms with Gasteiger partial charge in [0.1, 0.15) is 0 Å². The molecule has 4 nitrogen and oxygen atoms in total. The van der Waals surface area contributed by atoms with Crippen LogP contribution in [0.15, 0.2) is 30.3 Å². The first-order valence-electron chi connectivity index (χ1n) is 6.48. The third kappa shape index (κ3) is 6.22. The average Bonchev–Trinajstić information content (AvgIpc) is 2.34. The minimum atomic E-state index is -0.537. The summed E-state index contributed by atoms with van der Waals surface area (Å²) in [5.74, 6) is 0. The van der Waals surface area contributed by atoms with Crippen LogP contribution >= 0.6 is 0 Å². The van der Waals surface area contributed by atoms with E-state index in [1.165, 1.54) is 0 Å². The van der Waals surface area contributed by atoms with Gasteiger partial charge in [-0.15, -0.1) is 0 Å². The van der Waals surface area contributed by atoms with Crippen LogP contribution in [0.5, 0.6) is 0 Å². The molecular formula is C15H21NO3Se. The molecule has 1 rings (SSSR count). The van der Waals surface area contributed by atoms with Gasteiger partial charge in [-0.2, -0.15) is 0 Å². The number of benzene rings is 1. The Hall–Kier alpha value is -1.32. The van der Waals surface area contributed by atoms with E-state index in [1.807, 2.05) is 58.0 Å². The Morgan fingerprint density at radius 3 is 2.40 bits per heavy atom. The topological polar surface area (TPSA) is 55.4 Å². The van der Waals surface area contributed by atoms with E-state index in [4.69, 9.17) is 4.74 Å².